The van der Waals surface area contributed by atoms with Gasteiger partial charge in [-0.1, -0.05) is 126 Å². The van der Waals surface area contributed by atoms with Crippen molar-refractivity contribution in [1.82, 2.24) is 0 Å². The van der Waals surface area contributed by atoms with E-state index in [1.807, 2.05) is 4.90 Å². The summed E-state index contributed by atoms with van der Waals surface area (Å²) in [4.78, 5) is 16.6. The third-order valence-electron chi connectivity index (χ3n) is 10.8. The third kappa shape index (κ3) is 3.21. The molecule has 0 saturated heterocycles. The van der Waals surface area contributed by atoms with Gasteiger partial charge in [-0.2, -0.15) is 0 Å². The van der Waals surface area contributed by atoms with E-state index in [2.05, 4.69) is 136 Å². The normalized spacial score (nSPS) is 18.4. The third-order valence-corrected chi connectivity index (χ3v) is 10.8. The van der Waals surface area contributed by atoms with Crippen LogP contribution in [0.5, 0.6) is 5.75 Å². The van der Waals surface area contributed by atoms with Gasteiger partial charge in [-0.05, 0) is 76.6 Å². The Labute approximate surface area is 268 Å². The van der Waals surface area contributed by atoms with Crippen LogP contribution in [0.2, 0.25) is 0 Å². The Hall–Kier alpha value is -5.35. The molecular formula is C42H30BNO2. The van der Waals surface area contributed by atoms with Crippen LogP contribution >= 0.6 is 0 Å². The first kappa shape index (κ1) is 25.9. The maximum absolute atomic E-state index is 14.7. The van der Waals surface area contributed by atoms with E-state index >= 15 is 0 Å². The van der Waals surface area contributed by atoms with Crippen molar-refractivity contribution in [3.8, 4) is 16.9 Å². The quantitative estimate of drug-likeness (QED) is 0.189. The molecule has 1 amide bonds. The van der Waals surface area contributed by atoms with Crippen LogP contribution in [0.4, 0.5) is 10.5 Å². The Morgan fingerprint density at radius 1 is 0.674 bits per heavy atom. The predicted molar refractivity (Wildman–Crippen MR) is 187 cm³/mol. The van der Waals surface area contributed by atoms with E-state index in [0.717, 1.165) is 38.7 Å². The highest BCUT2D eigenvalue weighted by Crippen LogP contribution is 2.60. The first-order valence-electron chi connectivity index (χ1n) is 16.2. The summed E-state index contributed by atoms with van der Waals surface area (Å²) in [6.07, 6.45) is -0.322. The summed E-state index contributed by atoms with van der Waals surface area (Å²) in [5.74, 6) is 0.643. The van der Waals surface area contributed by atoms with Gasteiger partial charge < -0.3 is 4.74 Å². The van der Waals surface area contributed by atoms with Crippen LogP contribution in [0.3, 0.4) is 0 Å². The molecule has 46 heavy (non-hydrogen) atoms. The highest BCUT2D eigenvalue weighted by atomic mass is 16.6. The Kier molecular flexibility index (Phi) is 5.13. The molecule has 0 saturated carbocycles. The fraction of sp³-hybridized carbons (Fsp3) is 0.119. The Balaban J connectivity index is 1.33. The number of hydrogen-bond donors (Lipinski definition) is 0. The van der Waals surface area contributed by atoms with E-state index < -0.39 is 0 Å². The molecule has 0 spiro atoms. The van der Waals surface area contributed by atoms with Crippen LogP contribution in [0.15, 0.2) is 126 Å². The van der Waals surface area contributed by atoms with Gasteiger partial charge in [0.25, 0.3) is 0 Å². The number of aryl methyl sites for hydroxylation is 3. The molecule has 0 fully saturated rings. The number of carbonyl (C=O) groups is 1. The number of ether oxygens (including phenoxy) is 1. The zero-order valence-corrected chi connectivity index (χ0v) is 26.0. The number of amides is 1. The second kappa shape index (κ2) is 9.11. The van der Waals surface area contributed by atoms with Gasteiger partial charge in [0.2, 0.25) is 6.71 Å². The molecule has 4 heteroatoms. The number of rotatable bonds is 2. The largest absolute Gasteiger partial charge is 0.424 e. The molecule has 0 N–H and O–H groups in total. The molecular weight excluding hydrogens is 561 g/mol. The summed E-state index contributed by atoms with van der Waals surface area (Å²) in [7, 11) is 0. The van der Waals surface area contributed by atoms with Crippen molar-refractivity contribution in [2.75, 3.05) is 4.90 Å². The first-order valence-corrected chi connectivity index (χ1v) is 16.2. The molecule has 0 aromatic heterocycles. The lowest BCUT2D eigenvalue weighted by atomic mass is 9.30. The topological polar surface area (TPSA) is 29.5 Å². The standard InChI is InChI=1S/C42H30BNO2/c1-23-21-24(2)34(25(3)22-23)32-19-17-26-18-20-33-39-35(26)41(32)46-42(45)44(39)40-37-30-15-9-7-13-28(30)36(29-14-8-10-16-31(29)37)38(40)43(33)27-11-5-4-6-12-27/h4-22,36-37H,1-3H3. The average molecular weight is 592 g/mol. The second-order valence-electron chi connectivity index (χ2n) is 13.3. The summed E-state index contributed by atoms with van der Waals surface area (Å²) in [5.41, 5.74) is 16.7. The highest BCUT2D eigenvalue weighted by molar-refractivity contribution is 6.93. The van der Waals surface area contributed by atoms with Crippen molar-refractivity contribution in [3.63, 3.8) is 0 Å². The summed E-state index contributed by atoms with van der Waals surface area (Å²) in [5, 5.41) is 2.10. The first-order chi connectivity index (χ1) is 22.5. The van der Waals surface area contributed by atoms with Crippen LogP contribution in [-0.2, 0) is 0 Å². The van der Waals surface area contributed by atoms with Gasteiger partial charge in [0, 0.05) is 28.5 Å². The zero-order valence-electron chi connectivity index (χ0n) is 26.0. The molecule has 5 aliphatic rings. The lowest BCUT2D eigenvalue weighted by molar-refractivity contribution is 0.208. The second-order valence-corrected chi connectivity index (χ2v) is 13.3. The molecule has 218 valence electrons. The molecule has 2 bridgehead atoms. The maximum Gasteiger partial charge on any atom is 0.424 e. The lowest BCUT2D eigenvalue weighted by Gasteiger charge is -2.51. The molecule has 11 rings (SSSR count). The number of carbonyl (C=O) groups excluding carboxylic acids is 1. The van der Waals surface area contributed by atoms with Gasteiger partial charge in [-0.3, -0.25) is 0 Å². The number of benzene rings is 6. The molecule has 6 aromatic rings. The minimum atomic E-state index is -0.322. The van der Waals surface area contributed by atoms with Gasteiger partial charge >= 0.3 is 6.09 Å². The number of hydrogen-bond acceptors (Lipinski definition) is 2. The number of anilines is 1. The molecule has 6 aromatic carbocycles. The lowest BCUT2D eigenvalue weighted by Crippen LogP contribution is -2.58. The summed E-state index contributed by atoms with van der Waals surface area (Å²) in [6, 6.07) is 41.8. The summed E-state index contributed by atoms with van der Waals surface area (Å²) in [6.45, 7) is 6.43. The molecule has 3 aliphatic carbocycles. The smallest absolute Gasteiger partial charge is 0.408 e. The molecule has 0 unspecified atom stereocenters. The van der Waals surface area contributed by atoms with E-state index in [0.29, 0.717) is 5.75 Å². The van der Waals surface area contributed by atoms with Crippen molar-refractivity contribution >= 4 is 40.2 Å². The fourth-order valence-electron chi connectivity index (χ4n) is 9.31. The predicted octanol–water partition coefficient (Wildman–Crippen LogP) is 8.46. The minimum absolute atomic E-state index is 0.00804. The number of allylic oxidation sites excluding steroid dienone is 2. The van der Waals surface area contributed by atoms with Crippen molar-refractivity contribution in [3.05, 3.63) is 165 Å². The van der Waals surface area contributed by atoms with E-state index in [9.17, 15) is 4.79 Å². The zero-order chi connectivity index (χ0) is 30.8. The van der Waals surface area contributed by atoms with Gasteiger partial charge in [-0.25, -0.2) is 9.69 Å². The van der Waals surface area contributed by atoms with E-state index in [-0.39, 0.29) is 24.6 Å². The highest BCUT2D eigenvalue weighted by Gasteiger charge is 2.54. The van der Waals surface area contributed by atoms with Crippen molar-refractivity contribution in [2.45, 2.75) is 32.6 Å². The fourth-order valence-corrected chi connectivity index (χ4v) is 9.31. The monoisotopic (exact) mass is 591 g/mol. The van der Waals surface area contributed by atoms with Crippen molar-refractivity contribution < 1.29 is 9.53 Å². The van der Waals surface area contributed by atoms with E-state index in [1.165, 1.54) is 49.9 Å². The van der Waals surface area contributed by atoms with Crippen LogP contribution in [0.25, 0.3) is 21.9 Å². The van der Waals surface area contributed by atoms with Crippen LogP contribution in [0.1, 0.15) is 50.8 Å². The van der Waals surface area contributed by atoms with E-state index in [4.69, 9.17) is 4.74 Å². The summed E-state index contributed by atoms with van der Waals surface area (Å²) < 4.78 is 6.55. The molecule has 0 atom stereocenters. The van der Waals surface area contributed by atoms with Crippen LogP contribution < -0.4 is 20.6 Å². The van der Waals surface area contributed by atoms with Gasteiger partial charge in [0.15, 0.2) is 5.75 Å². The molecule has 0 radical (unpaired) electrons. The Morgan fingerprint density at radius 2 is 1.26 bits per heavy atom. The summed E-state index contributed by atoms with van der Waals surface area (Å²) >= 11 is 0. The molecule has 3 nitrogen and oxygen atoms in total. The minimum Gasteiger partial charge on any atom is -0.408 e. The SMILES string of the molecule is Cc1cc(C)c(-c2ccc3ccc4c5c3c2OC(=O)N5C2=C(B4c3ccccc3)C3c4ccccc4C2c2ccccc23)c(C)c1. The molecule has 2 aliphatic heterocycles. The maximum atomic E-state index is 14.7. The van der Waals surface area contributed by atoms with E-state index in [1.54, 1.807) is 0 Å². The molecule has 2 heterocycles. The van der Waals surface area contributed by atoms with Crippen LogP contribution in [-0.4, -0.2) is 12.8 Å². The Bertz CT molecular complexity index is 2300. The van der Waals surface area contributed by atoms with Gasteiger partial charge in [-0.15, -0.1) is 0 Å². The average Bonchev–Trinajstić information content (AvgIpc) is 3.07. The van der Waals surface area contributed by atoms with Crippen molar-refractivity contribution in [1.29, 1.82) is 0 Å². The van der Waals surface area contributed by atoms with Crippen molar-refractivity contribution in [2.24, 2.45) is 0 Å². The Morgan fingerprint density at radius 3 is 1.91 bits per heavy atom. The van der Waals surface area contributed by atoms with Gasteiger partial charge in [0.05, 0.1) is 5.69 Å². The van der Waals surface area contributed by atoms with Gasteiger partial charge in [0.1, 0.15) is 0 Å². The number of nitrogens with zero attached hydrogens (tertiary/aromatic N) is 1. The van der Waals surface area contributed by atoms with Crippen LogP contribution in [0, 0.1) is 20.8 Å².